The Labute approximate surface area is 117 Å². The lowest BCUT2D eigenvalue weighted by atomic mass is 9.89. The van der Waals surface area contributed by atoms with Gasteiger partial charge in [0.25, 0.3) is 0 Å². The van der Waals surface area contributed by atoms with Crippen LogP contribution in [0.3, 0.4) is 0 Å². The molecule has 1 aliphatic rings. The van der Waals surface area contributed by atoms with Crippen molar-refractivity contribution in [1.82, 2.24) is 4.98 Å². The summed E-state index contributed by atoms with van der Waals surface area (Å²) in [5.74, 6) is -1.62. The number of ether oxygens (including phenoxy) is 1. The molecule has 1 aromatic heterocycles. The number of pyridine rings is 1. The van der Waals surface area contributed by atoms with Gasteiger partial charge in [0, 0.05) is 6.20 Å². The van der Waals surface area contributed by atoms with E-state index in [2.05, 4.69) is 10.3 Å². The zero-order valence-corrected chi connectivity index (χ0v) is 11.7. The van der Waals surface area contributed by atoms with Crippen molar-refractivity contribution in [2.45, 2.75) is 33.0 Å². The van der Waals surface area contributed by atoms with Gasteiger partial charge in [-0.1, -0.05) is 6.92 Å². The van der Waals surface area contributed by atoms with Gasteiger partial charge in [0.15, 0.2) is 5.69 Å². The van der Waals surface area contributed by atoms with E-state index in [9.17, 15) is 9.59 Å². The van der Waals surface area contributed by atoms with E-state index >= 15 is 0 Å². The molecule has 2 N–H and O–H groups in total. The monoisotopic (exact) mass is 278 g/mol. The average molecular weight is 278 g/mol. The van der Waals surface area contributed by atoms with E-state index in [4.69, 9.17) is 9.84 Å². The first-order valence-electron chi connectivity index (χ1n) is 6.56. The van der Waals surface area contributed by atoms with Crippen LogP contribution in [0.2, 0.25) is 0 Å². The van der Waals surface area contributed by atoms with E-state index in [0.29, 0.717) is 0 Å². The quantitative estimate of drug-likeness (QED) is 0.879. The van der Waals surface area contributed by atoms with Gasteiger partial charge in [-0.2, -0.15) is 0 Å². The number of hydrogen-bond donors (Lipinski definition) is 2. The zero-order valence-electron chi connectivity index (χ0n) is 11.7. The Hall–Kier alpha value is -1.95. The van der Waals surface area contributed by atoms with Gasteiger partial charge in [-0.25, -0.2) is 9.78 Å². The highest BCUT2D eigenvalue weighted by Crippen LogP contribution is 2.33. The number of amides is 1. The first kappa shape index (κ1) is 14.5. The number of aromatic carboxylic acids is 1. The number of nitrogens with one attached hydrogen (secondary N) is 1. The first-order valence-corrected chi connectivity index (χ1v) is 6.56. The van der Waals surface area contributed by atoms with Crippen molar-refractivity contribution in [3.63, 3.8) is 0 Å². The fourth-order valence-electron chi connectivity index (χ4n) is 2.61. The summed E-state index contributed by atoms with van der Waals surface area (Å²) in [7, 11) is 0. The minimum absolute atomic E-state index is 0.00796. The highest BCUT2D eigenvalue weighted by molar-refractivity contribution is 6.00. The molecule has 1 saturated heterocycles. The second-order valence-corrected chi connectivity index (χ2v) is 5.13. The lowest BCUT2D eigenvalue weighted by molar-refractivity contribution is -0.121. The largest absolute Gasteiger partial charge is 0.476 e. The number of carboxylic acid groups (broad SMARTS) is 1. The molecule has 0 radical (unpaired) electrons. The maximum absolute atomic E-state index is 12.3. The van der Waals surface area contributed by atoms with Crippen molar-refractivity contribution in [1.29, 1.82) is 0 Å². The molecule has 0 spiro atoms. The van der Waals surface area contributed by atoms with Crippen molar-refractivity contribution >= 4 is 17.6 Å². The average Bonchev–Trinajstić information content (AvgIpc) is 2.63. The van der Waals surface area contributed by atoms with Crippen LogP contribution in [-0.4, -0.2) is 34.2 Å². The van der Waals surface area contributed by atoms with Crippen LogP contribution < -0.4 is 5.32 Å². The van der Waals surface area contributed by atoms with Crippen LogP contribution in [-0.2, 0) is 9.53 Å². The Kier molecular flexibility index (Phi) is 4.04. The van der Waals surface area contributed by atoms with E-state index in [1.54, 1.807) is 6.07 Å². The van der Waals surface area contributed by atoms with Crippen molar-refractivity contribution in [2.75, 3.05) is 5.32 Å². The molecule has 0 saturated carbocycles. The third kappa shape index (κ3) is 2.65. The van der Waals surface area contributed by atoms with E-state index in [1.807, 2.05) is 20.8 Å². The SMILES string of the molecule is CC1OC(C)C(C(=O)Nc2cccnc2C(=O)O)C1C. The van der Waals surface area contributed by atoms with Gasteiger partial charge in [0.2, 0.25) is 5.91 Å². The van der Waals surface area contributed by atoms with Crippen LogP contribution >= 0.6 is 0 Å². The standard InChI is InChI=1S/C14H18N2O4/c1-7-8(2)20-9(3)11(7)13(17)16-10-5-4-6-15-12(10)14(18)19/h4-9,11H,1-3H3,(H,16,17)(H,18,19). The molecule has 6 heteroatoms. The van der Waals surface area contributed by atoms with E-state index in [1.165, 1.54) is 12.3 Å². The van der Waals surface area contributed by atoms with Gasteiger partial charge in [-0.15, -0.1) is 0 Å². The number of carboxylic acids is 1. The highest BCUT2D eigenvalue weighted by atomic mass is 16.5. The van der Waals surface area contributed by atoms with E-state index < -0.39 is 5.97 Å². The second kappa shape index (κ2) is 5.58. The fourth-order valence-corrected chi connectivity index (χ4v) is 2.61. The van der Waals surface area contributed by atoms with Gasteiger partial charge < -0.3 is 15.2 Å². The molecule has 1 fully saturated rings. The van der Waals surface area contributed by atoms with Gasteiger partial charge in [0.05, 0.1) is 23.8 Å². The maximum atomic E-state index is 12.3. The summed E-state index contributed by atoms with van der Waals surface area (Å²) in [6.07, 6.45) is 1.20. The van der Waals surface area contributed by atoms with Crippen LogP contribution in [0, 0.1) is 11.8 Å². The third-order valence-electron chi connectivity index (χ3n) is 3.81. The minimum atomic E-state index is -1.17. The summed E-state index contributed by atoms with van der Waals surface area (Å²) in [5.41, 5.74) is 0.0528. The van der Waals surface area contributed by atoms with E-state index in [0.717, 1.165) is 0 Å². The minimum Gasteiger partial charge on any atom is -0.476 e. The molecule has 4 atom stereocenters. The van der Waals surface area contributed by atoms with Gasteiger partial charge >= 0.3 is 5.97 Å². The van der Waals surface area contributed by atoms with Crippen molar-refractivity contribution in [3.8, 4) is 0 Å². The molecule has 0 aliphatic carbocycles. The number of hydrogen-bond acceptors (Lipinski definition) is 4. The Bertz CT molecular complexity index is 532. The highest BCUT2D eigenvalue weighted by Gasteiger charge is 2.41. The lowest BCUT2D eigenvalue weighted by Gasteiger charge is -2.18. The molecule has 4 unspecified atom stereocenters. The van der Waals surface area contributed by atoms with Crippen LogP contribution in [0.25, 0.3) is 0 Å². The molecular formula is C14H18N2O4. The lowest BCUT2D eigenvalue weighted by Crippen LogP contribution is -2.32. The summed E-state index contributed by atoms with van der Waals surface area (Å²) in [6.45, 7) is 5.74. The van der Waals surface area contributed by atoms with Crippen LogP contribution in [0.4, 0.5) is 5.69 Å². The van der Waals surface area contributed by atoms with Crippen molar-refractivity contribution in [2.24, 2.45) is 11.8 Å². The summed E-state index contributed by atoms with van der Waals surface area (Å²) in [4.78, 5) is 27.2. The number of rotatable bonds is 3. The summed E-state index contributed by atoms with van der Waals surface area (Å²) >= 11 is 0. The summed E-state index contributed by atoms with van der Waals surface area (Å²) in [5, 5.41) is 11.7. The number of carbonyl (C=O) groups excluding carboxylic acids is 1. The number of nitrogens with zero attached hydrogens (tertiary/aromatic N) is 1. The molecule has 1 amide bonds. The molecule has 1 aliphatic heterocycles. The molecule has 108 valence electrons. The van der Waals surface area contributed by atoms with Crippen LogP contribution in [0.15, 0.2) is 18.3 Å². The summed E-state index contributed by atoms with van der Waals surface area (Å²) in [6, 6.07) is 3.12. The predicted octanol–water partition coefficient (Wildman–Crippen LogP) is 1.78. The third-order valence-corrected chi connectivity index (χ3v) is 3.81. The second-order valence-electron chi connectivity index (χ2n) is 5.13. The van der Waals surface area contributed by atoms with Gasteiger partial charge in [-0.3, -0.25) is 4.79 Å². The zero-order chi connectivity index (χ0) is 14.9. The van der Waals surface area contributed by atoms with Crippen LogP contribution in [0.5, 0.6) is 0 Å². The molecule has 1 aromatic rings. The Morgan fingerprint density at radius 2 is 2.00 bits per heavy atom. The van der Waals surface area contributed by atoms with Crippen molar-refractivity contribution in [3.05, 3.63) is 24.0 Å². The van der Waals surface area contributed by atoms with Crippen molar-refractivity contribution < 1.29 is 19.4 Å². The fraction of sp³-hybridized carbons (Fsp3) is 0.500. The summed E-state index contributed by atoms with van der Waals surface area (Å²) < 4.78 is 5.63. The molecule has 0 aromatic carbocycles. The predicted molar refractivity (Wildman–Crippen MR) is 72.5 cm³/mol. The molecule has 20 heavy (non-hydrogen) atoms. The Morgan fingerprint density at radius 3 is 2.55 bits per heavy atom. The molecule has 0 bridgehead atoms. The number of carbonyl (C=O) groups is 2. The topological polar surface area (TPSA) is 88.5 Å². The van der Waals surface area contributed by atoms with Crippen LogP contribution in [0.1, 0.15) is 31.3 Å². The molecule has 2 rings (SSSR count). The Balaban J connectivity index is 2.18. The number of aromatic nitrogens is 1. The van der Waals surface area contributed by atoms with Gasteiger partial charge in [0.1, 0.15) is 0 Å². The first-order chi connectivity index (χ1) is 9.41. The molecular weight excluding hydrogens is 260 g/mol. The van der Waals surface area contributed by atoms with Gasteiger partial charge in [-0.05, 0) is 31.9 Å². The molecule has 6 nitrogen and oxygen atoms in total. The smallest absolute Gasteiger partial charge is 0.356 e. The normalized spacial score (nSPS) is 29.1. The maximum Gasteiger partial charge on any atom is 0.356 e. The Morgan fingerprint density at radius 1 is 1.30 bits per heavy atom. The number of anilines is 1. The molecule has 2 heterocycles. The van der Waals surface area contributed by atoms with E-state index in [-0.39, 0.29) is 41.3 Å².